The van der Waals surface area contributed by atoms with Crippen molar-refractivity contribution in [3.8, 4) is 0 Å². The molecule has 0 saturated carbocycles. The molecule has 1 amide bonds. The highest BCUT2D eigenvalue weighted by atomic mass is 16.6. The van der Waals surface area contributed by atoms with Gasteiger partial charge in [-0.3, -0.25) is 4.90 Å². The van der Waals surface area contributed by atoms with Gasteiger partial charge in [-0.15, -0.1) is 0 Å². The Hall–Kier alpha value is -1.10. The molecule has 5 heteroatoms. The second-order valence-corrected chi connectivity index (χ2v) is 5.33. The number of hydrogen-bond donors (Lipinski definition) is 0. The summed E-state index contributed by atoms with van der Waals surface area (Å²) in [6, 6.07) is 0. The molecule has 92 valence electrons. The quantitative estimate of drug-likeness (QED) is 0.640. The molecule has 5 nitrogen and oxygen atoms in total. The van der Waals surface area contributed by atoms with Crippen LogP contribution in [-0.4, -0.2) is 41.3 Å². The first kappa shape index (κ1) is 13.0. The first-order valence-corrected chi connectivity index (χ1v) is 5.29. The van der Waals surface area contributed by atoms with Gasteiger partial charge in [0.25, 0.3) is 0 Å². The van der Waals surface area contributed by atoms with Crippen molar-refractivity contribution in [3.05, 3.63) is 0 Å². The number of ether oxygens (including phenoxy) is 2. The molecule has 0 N–H and O–H groups in total. The fraction of sp³-hybridized carbons (Fsp3) is 0.818. The molecule has 0 spiro atoms. The Morgan fingerprint density at radius 1 is 1.50 bits per heavy atom. The van der Waals surface area contributed by atoms with Crippen molar-refractivity contribution in [2.45, 2.75) is 52.0 Å². The Labute approximate surface area is 95.7 Å². The first-order chi connectivity index (χ1) is 7.15. The van der Waals surface area contributed by atoms with E-state index in [2.05, 4.69) is 0 Å². The number of amides is 1. The van der Waals surface area contributed by atoms with Crippen LogP contribution in [0.25, 0.3) is 0 Å². The molecule has 16 heavy (non-hydrogen) atoms. The molecule has 1 heterocycles. The number of nitrogens with zero attached hydrogens (tertiary/aromatic N) is 1. The van der Waals surface area contributed by atoms with Crippen LogP contribution < -0.4 is 0 Å². The van der Waals surface area contributed by atoms with E-state index in [1.165, 1.54) is 4.90 Å². The predicted octanol–water partition coefficient (Wildman–Crippen LogP) is 1.56. The van der Waals surface area contributed by atoms with E-state index in [4.69, 9.17) is 9.47 Å². The number of carbonyl (C=O) groups excluding carboxylic acids is 2. The van der Waals surface area contributed by atoms with Crippen LogP contribution in [0.5, 0.6) is 0 Å². The molecular formula is C11H19NO4. The number of hydrogen-bond acceptors (Lipinski definition) is 4. The van der Waals surface area contributed by atoms with E-state index in [1.54, 1.807) is 34.6 Å². The van der Waals surface area contributed by atoms with Crippen LogP contribution in [0.4, 0.5) is 4.79 Å². The maximum Gasteiger partial charge on any atom is 0.412 e. The third-order valence-corrected chi connectivity index (χ3v) is 2.22. The third-order valence-electron chi connectivity index (χ3n) is 2.22. The lowest BCUT2D eigenvalue weighted by molar-refractivity contribution is -0.124. The van der Waals surface area contributed by atoms with Gasteiger partial charge in [-0.2, -0.15) is 0 Å². The lowest BCUT2D eigenvalue weighted by Gasteiger charge is -2.31. The maximum absolute atomic E-state index is 11.8. The van der Waals surface area contributed by atoms with E-state index in [0.29, 0.717) is 6.29 Å². The molecule has 1 saturated heterocycles. The molecule has 0 aromatic carbocycles. The Morgan fingerprint density at radius 3 is 2.44 bits per heavy atom. The molecule has 1 aliphatic rings. The molecule has 0 aliphatic carbocycles. The topological polar surface area (TPSA) is 55.8 Å². The lowest BCUT2D eigenvalue weighted by atomic mass is 10.2. The molecule has 1 fully saturated rings. The van der Waals surface area contributed by atoms with Crippen LogP contribution in [0.15, 0.2) is 0 Å². The summed E-state index contributed by atoms with van der Waals surface area (Å²) in [5, 5.41) is 0. The van der Waals surface area contributed by atoms with E-state index in [0.717, 1.165) is 0 Å². The minimum atomic E-state index is -0.798. The molecule has 1 aliphatic heterocycles. The number of rotatable bonds is 1. The van der Waals surface area contributed by atoms with Gasteiger partial charge < -0.3 is 14.3 Å². The van der Waals surface area contributed by atoms with Crippen LogP contribution in [0.2, 0.25) is 0 Å². The van der Waals surface area contributed by atoms with Crippen molar-refractivity contribution in [2.24, 2.45) is 0 Å². The van der Waals surface area contributed by atoms with Crippen LogP contribution in [-0.2, 0) is 14.3 Å². The normalized spacial score (nSPS) is 24.3. The first-order valence-electron chi connectivity index (χ1n) is 5.29. The van der Waals surface area contributed by atoms with Crippen LogP contribution in [0, 0.1) is 0 Å². The molecule has 0 aromatic heterocycles. The second-order valence-electron chi connectivity index (χ2n) is 5.33. The molecule has 0 radical (unpaired) electrons. The monoisotopic (exact) mass is 229 g/mol. The van der Waals surface area contributed by atoms with Crippen molar-refractivity contribution >= 4 is 12.4 Å². The largest absolute Gasteiger partial charge is 0.444 e. The second kappa shape index (κ2) is 4.05. The summed E-state index contributed by atoms with van der Waals surface area (Å²) in [7, 11) is 0. The minimum Gasteiger partial charge on any atom is -0.444 e. The number of aldehydes is 1. The lowest BCUT2D eigenvalue weighted by Crippen LogP contribution is -2.46. The molecule has 0 bridgehead atoms. The smallest absolute Gasteiger partial charge is 0.412 e. The summed E-state index contributed by atoms with van der Waals surface area (Å²) in [4.78, 5) is 23.9. The van der Waals surface area contributed by atoms with Gasteiger partial charge in [-0.1, -0.05) is 0 Å². The third kappa shape index (κ3) is 2.95. The SMILES string of the molecule is CC(C)(C)OC(=O)N1CC(C=O)OC1(C)C. The van der Waals surface area contributed by atoms with Crippen molar-refractivity contribution in [1.29, 1.82) is 0 Å². The Bertz CT molecular complexity index is 293. The number of carbonyl (C=O) groups is 2. The summed E-state index contributed by atoms with van der Waals surface area (Å²) in [6.07, 6.45) is -0.323. The van der Waals surface area contributed by atoms with Crippen LogP contribution in [0.1, 0.15) is 34.6 Å². The summed E-state index contributed by atoms with van der Waals surface area (Å²) < 4.78 is 10.6. The highest BCUT2D eigenvalue weighted by molar-refractivity contribution is 5.71. The van der Waals surface area contributed by atoms with Gasteiger partial charge in [0, 0.05) is 0 Å². The van der Waals surface area contributed by atoms with Crippen molar-refractivity contribution in [3.63, 3.8) is 0 Å². The zero-order valence-corrected chi connectivity index (χ0v) is 10.4. The minimum absolute atomic E-state index is 0.241. The summed E-state index contributed by atoms with van der Waals surface area (Å²) in [5.41, 5.74) is -1.35. The van der Waals surface area contributed by atoms with Gasteiger partial charge in [0.05, 0.1) is 6.54 Å². The van der Waals surface area contributed by atoms with Gasteiger partial charge in [-0.05, 0) is 34.6 Å². The molecule has 1 rings (SSSR count). The van der Waals surface area contributed by atoms with Crippen molar-refractivity contribution in [2.75, 3.05) is 6.54 Å². The maximum atomic E-state index is 11.8. The van der Waals surface area contributed by atoms with Crippen molar-refractivity contribution < 1.29 is 19.1 Å². The van der Waals surface area contributed by atoms with Gasteiger partial charge >= 0.3 is 6.09 Å². The highest BCUT2D eigenvalue weighted by Crippen LogP contribution is 2.27. The zero-order valence-electron chi connectivity index (χ0n) is 10.4. The highest BCUT2D eigenvalue weighted by Gasteiger charge is 2.43. The van der Waals surface area contributed by atoms with E-state index in [9.17, 15) is 9.59 Å². The molecule has 1 atom stereocenters. The predicted molar refractivity (Wildman–Crippen MR) is 58.0 cm³/mol. The van der Waals surface area contributed by atoms with Crippen LogP contribution in [0.3, 0.4) is 0 Å². The van der Waals surface area contributed by atoms with E-state index >= 15 is 0 Å². The van der Waals surface area contributed by atoms with Gasteiger partial charge in [0.1, 0.15) is 17.4 Å². The average Bonchev–Trinajstić information content (AvgIpc) is 2.37. The van der Waals surface area contributed by atoms with E-state index < -0.39 is 23.5 Å². The zero-order chi connectivity index (χ0) is 12.6. The van der Waals surface area contributed by atoms with Crippen LogP contribution >= 0.6 is 0 Å². The Kier molecular flexibility index (Phi) is 3.28. The Morgan fingerprint density at radius 2 is 2.06 bits per heavy atom. The van der Waals surface area contributed by atoms with Gasteiger partial charge in [-0.25, -0.2) is 4.79 Å². The molecule has 0 aromatic rings. The standard InChI is InChI=1S/C11H19NO4/c1-10(2,3)16-9(14)12-6-8(7-13)15-11(12,4)5/h7-8H,6H2,1-5H3. The van der Waals surface area contributed by atoms with Gasteiger partial charge in [0.2, 0.25) is 0 Å². The van der Waals surface area contributed by atoms with E-state index in [1.807, 2.05) is 0 Å². The summed E-state index contributed by atoms with van der Waals surface area (Å²) in [5.74, 6) is 0. The average molecular weight is 229 g/mol. The van der Waals surface area contributed by atoms with Crippen molar-refractivity contribution in [1.82, 2.24) is 4.90 Å². The Balaban J connectivity index is 2.73. The fourth-order valence-electron chi connectivity index (χ4n) is 1.55. The van der Waals surface area contributed by atoms with E-state index in [-0.39, 0.29) is 6.54 Å². The van der Waals surface area contributed by atoms with Gasteiger partial charge in [0.15, 0.2) is 6.29 Å². The summed E-state index contributed by atoms with van der Waals surface area (Å²) >= 11 is 0. The molecule has 1 unspecified atom stereocenters. The molecular weight excluding hydrogens is 210 g/mol. The summed E-state index contributed by atoms with van der Waals surface area (Å²) in [6.45, 7) is 9.11. The fourth-order valence-corrected chi connectivity index (χ4v) is 1.55.